The maximum atomic E-state index is 12.7. The van der Waals surface area contributed by atoms with E-state index in [1.807, 2.05) is 0 Å². The fourth-order valence-corrected chi connectivity index (χ4v) is 1.29. The largest absolute Gasteiger partial charge is 0.435 e. The van der Waals surface area contributed by atoms with E-state index in [0.717, 1.165) is 6.07 Å². The Hall–Kier alpha value is -0.840. The summed E-state index contributed by atoms with van der Waals surface area (Å²) in [5.74, 6) is -0.734. The van der Waals surface area contributed by atoms with Gasteiger partial charge in [-0.2, -0.15) is 8.78 Å². The van der Waals surface area contributed by atoms with Crippen molar-refractivity contribution in [3.05, 3.63) is 24.0 Å². The van der Waals surface area contributed by atoms with Gasteiger partial charge in [0.15, 0.2) is 0 Å². The van der Waals surface area contributed by atoms with Crippen LogP contribution in [0.2, 0.25) is 0 Å². The smallest absolute Gasteiger partial charge is 0.387 e. The van der Waals surface area contributed by atoms with E-state index in [0.29, 0.717) is 4.90 Å². The standard InChI is InChI=1S/C8H7F3OS/c1-13-7-3-5(9)2-6(4-7)12-8(10)11/h2-4,8H,1H3. The van der Waals surface area contributed by atoms with Gasteiger partial charge >= 0.3 is 6.61 Å². The molecule has 1 aromatic rings. The number of halogens is 3. The lowest BCUT2D eigenvalue weighted by molar-refractivity contribution is -0.0501. The van der Waals surface area contributed by atoms with Gasteiger partial charge in [0, 0.05) is 11.0 Å². The maximum absolute atomic E-state index is 12.7. The minimum Gasteiger partial charge on any atom is -0.435 e. The fraction of sp³-hybridized carbons (Fsp3) is 0.250. The zero-order valence-corrected chi connectivity index (χ0v) is 7.58. The minimum atomic E-state index is -2.92. The van der Waals surface area contributed by atoms with Crippen molar-refractivity contribution in [1.82, 2.24) is 0 Å². The third-order valence-electron chi connectivity index (χ3n) is 1.31. The van der Waals surface area contributed by atoms with Crippen molar-refractivity contribution in [3.8, 4) is 5.75 Å². The van der Waals surface area contributed by atoms with Crippen LogP contribution < -0.4 is 4.74 Å². The molecule has 72 valence electrons. The Labute approximate surface area is 77.9 Å². The number of hydrogen-bond acceptors (Lipinski definition) is 2. The number of hydrogen-bond donors (Lipinski definition) is 0. The van der Waals surface area contributed by atoms with Crippen molar-refractivity contribution in [2.45, 2.75) is 11.5 Å². The quantitative estimate of drug-likeness (QED) is 0.705. The van der Waals surface area contributed by atoms with E-state index in [4.69, 9.17) is 0 Å². The predicted octanol–water partition coefficient (Wildman–Crippen LogP) is 3.15. The normalized spacial score (nSPS) is 10.5. The summed E-state index contributed by atoms with van der Waals surface area (Å²) >= 11 is 1.26. The van der Waals surface area contributed by atoms with Crippen molar-refractivity contribution in [3.63, 3.8) is 0 Å². The SMILES string of the molecule is CSc1cc(F)cc(OC(F)F)c1. The van der Waals surface area contributed by atoms with Crippen LogP contribution in [-0.4, -0.2) is 12.9 Å². The van der Waals surface area contributed by atoms with Crippen LogP contribution in [-0.2, 0) is 0 Å². The first-order chi connectivity index (χ1) is 6.11. The summed E-state index contributed by atoms with van der Waals surface area (Å²) in [6.07, 6.45) is 1.72. The van der Waals surface area contributed by atoms with E-state index < -0.39 is 12.4 Å². The summed E-state index contributed by atoms with van der Waals surface area (Å²) < 4.78 is 40.3. The van der Waals surface area contributed by atoms with Gasteiger partial charge in [0.1, 0.15) is 11.6 Å². The van der Waals surface area contributed by atoms with Crippen LogP contribution in [0.3, 0.4) is 0 Å². The van der Waals surface area contributed by atoms with Crippen LogP contribution >= 0.6 is 11.8 Å². The molecule has 0 atom stereocenters. The lowest BCUT2D eigenvalue weighted by Gasteiger charge is -2.05. The molecule has 0 spiro atoms. The van der Waals surface area contributed by atoms with Crippen molar-refractivity contribution < 1.29 is 17.9 Å². The van der Waals surface area contributed by atoms with Gasteiger partial charge in [0.05, 0.1) is 0 Å². The molecule has 0 saturated carbocycles. The summed E-state index contributed by atoms with van der Waals surface area (Å²) in [5.41, 5.74) is 0. The van der Waals surface area contributed by atoms with Crippen LogP contribution in [0.25, 0.3) is 0 Å². The van der Waals surface area contributed by atoms with E-state index >= 15 is 0 Å². The zero-order valence-electron chi connectivity index (χ0n) is 6.76. The molecule has 0 aliphatic carbocycles. The second-order valence-corrected chi connectivity index (χ2v) is 3.08. The second-order valence-electron chi connectivity index (χ2n) is 2.21. The zero-order chi connectivity index (χ0) is 9.84. The summed E-state index contributed by atoms with van der Waals surface area (Å²) in [5, 5.41) is 0. The molecular formula is C8H7F3OS. The van der Waals surface area contributed by atoms with E-state index in [1.165, 1.54) is 23.9 Å². The minimum absolute atomic E-state index is 0.153. The Morgan fingerprint density at radius 3 is 2.54 bits per heavy atom. The van der Waals surface area contributed by atoms with Gasteiger partial charge in [-0.05, 0) is 18.4 Å². The van der Waals surface area contributed by atoms with Gasteiger partial charge in [-0.25, -0.2) is 4.39 Å². The monoisotopic (exact) mass is 208 g/mol. The maximum Gasteiger partial charge on any atom is 0.387 e. The van der Waals surface area contributed by atoms with E-state index in [9.17, 15) is 13.2 Å². The molecule has 1 rings (SSSR count). The molecule has 0 aliphatic rings. The third-order valence-corrected chi connectivity index (χ3v) is 2.01. The summed E-state index contributed by atoms with van der Waals surface area (Å²) in [4.78, 5) is 0.552. The molecule has 1 nitrogen and oxygen atoms in total. The predicted molar refractivity (Wildman–Crippen MR) is 44.8 cm³/mol. The van der Waals surface area contributed by atoms with Crippen LogP contribution in [0.4, 0.5) is 13.2 Å². The topological polar surface area (TPSA) is 9.23 Å². The van der Waals surface area contributed by atoms with Crippen LogP contribution in [0.15, 0.2) is 23.1 Å². The Morgan fingerprint density at radius 2 is 2.00 bits per heavy atom. The van der Waals surface area contributed by atoms with Crippen molar-refractivity contribution >= 4 is 11.8 Å². The molecular weight excluding hydrogens is 201 g/mol. The van der Waals surface area contributed by atoms with Gasteiger partial charge in [-0.3, -0.25) is 0 Å². The van der Waals surface area contributed by atoms with E-state index in [2.05, 4.69) is 4.74 Å². The molecule has 0 unspecified atom stereocenters. The molecule has 13 heavy (non-hydrogen) atoms. The van der Waals surface area contributed by atoms with Crippen molar-refractivity contribution in [2.24, 2.45) is 0 Å². The van der Waals surface area contributed by atoms with Gasteiger partial charge in [0.25, 0.3) is 0 Å². The molecule has 0 heterocycles. The number of ether oxygens (including phenoxy) is 1. The first-order valence-electron chi connectivity index (χ1n) is 3.41. The van der Waals surface area contributed by atoms with Gasteiger partial charge in [0.2, 0.25) is 0 Å². The lowest BCUT2D eigenvalue weighted by atomic mass is 10.3. The fourth-order valence-electron chi connectivity index (χ4n) is 0.826. The molecule has 0 amide bonds. The summed E-state index contributed by atoms with van der Waals surface area (Å²) in [6, 6.07) is 3.54. The van der Waals surface area contributed by atoms with Crippen molar-refractivity contribution in [1.29, 1.82) is 0 Å². The Kier molecular flexibility index (Phi) is 3.48. The summed E-state index contributed by atoms with van der Waals surface area (Å²) in [6.45, 7) is -2.92. The molecule has 0 radical (unpaired) electrons. The highest BCUT2D eigenvalue weighted by molar-refractivity contribution is 7.98. The van der Waals surface area contributed by atoms with Gasteiger partial charge in [-0.1, -0.05) is 0 Å². The molecule has 5 heteroatoms. The molecule has 0 aliphatic heterocycles. The Bertz CT molecular complexity index is 291. The Morgan fingerprint density at radius 1 is 1.31 bits per heavy atom. The number of alkyl halides is 2. The average Bonchev–Trinajstić information content (AvgIpc) is 2.01. The van der Waals surface area contributed by atoms with E-state index in [1.54, 1.807) is 6.26 Å². The van der Waals surface area contributed by atoms with E-state index in [-0.39, 0.29) is 5.75 Å². The lowest BCUT2D eigenvalue weighted by Crippen LogP contribution is -2.02. The molecule has 0 aromatic heterocycles. The van der Waals surface area contributed by atoms with Crippen LogP contribution in [0.1, 0.15) is 0 Å². The van der Waals surface area contributed by atoms with Crippen LogP contribution in [0.5, 0.6) is 5.75 Å². The van der Waals surface area contributed by atoms with Gasteiger partial charge < -0.3 is 4.74 Å². The second kappa shape index (κ2) is 4.41. The molecule has 0 fully saturated rings. The van der Waals surface area contributed by atoms with Crippen molar-refractivity contribution in [2.75, 3.05) is 6.26 Å². The molecule has 0 N–H and O–H groups in total. The van der Waals surface area contributed by atoms with Gasteiger partial charge in [-0.15, -0.1) is 11.8 Å². The highest BCUT2D eigenvalue weighted by Crippen LogP contribution is 2.23. The summed E-state index contributed by atoms with van der Waals surface area (Å²) in [7, 11) is 0. The highest BCUT2D eigenvalue weighted by Gasteiger charge is 2.06. The first-order valence-corrected chi connectivity index (χ1v) is 4.63. The number of rotatable bonds is 3. The first kappa shape index (κ1) is 10.2. The number of thioether (sulfide) groups is 1. The number of benzene rings is 1. The average molecular weight is 208 g/mol. The molecule has 0 saturated heterocycles. The third kappa shape index (κ3) is 3.18. The van der Waals surface area contributed by atoms with Crippen LogP contribution in [0, 0.1) is 5.82 Å². The highest BCUT2D eigenvalue weighted by atomic mass is 32.2. The molecule has 1 aromatic carbocycles. The molecule has 0 bridgehead atoms. The Balaban J connectivity index is 2.88.